The number of methoxy groups -OCH3 is 3. The molecule has 0 heterocycles. The molecule has 0 amide bonds. The molecule has 0 saturated heterocycles. The number of ether oxygens (including phenoxy) is 3. The Morgan fingerprint density at radius 2 is 1.08 bits per heavy atom. The Bertz CT molecular complexity index is 301. The Kier molecular flexibility index (Phi) is 1.70. The summed E-state index contributed by atoms with van der Waals surface area (Å²) in [5.74, 6) is 0.124. The van der Waals surface area contributed by atoms with E-state index < -0.39 is 0 Å². The zero-order valence-electron chi connectivity index (χ0n) is 10.2. The third-order valence-electron chi connectivity index (χ3n) is 1.29. The van der Waals surface area contributed by atoms with Gasteiger partial charge in [-0.3, -0.25) is 0 Å². The first-order chi connectivity index (χ1) is 7.08. The van der Waals surface area contributed by atoms with E-state index in [0.29, 0.717) is 0 Å². The van der Waals surface area contributed by atoms with Gasteiger partial charge in [-0.15, -0.1) is 0 Å². The maximum atomic E-state index is 7.65. The second kappa shape index (κ2) is 3.85. The average Bonchev–Trinajstić information content (AvgIpc) is 2.19. The third-order valence-corrected chi connectivity index (χ3v) is 1.29. The molecule has 0 aliphatic carbocycles. The standard InChI is InChI=1S/C9H12O3/c1-10-7-4-8(11-2)6-9(5-7)12-3/h4-6H,1-3H3/i4D,5D,6D. The van der Waals surface area contributed by atoms with Crippen molar-refractivity contribution in [1.82, 2.24) is 0 Å². The Balaban J connectivity index is 3.57. The lowest BCUT2D eigenvalue weighted by atomic mass is 10.3. The van der Waals surface area contributed by atoms with Crippen LogP contribution in [0.5, 0.6) is 17.2 Å². The number of rotatable bonds is 3. The van der Waals surface area contributed by atoms with Crippen LogP contribution in [-0.4, -0.2) is 21.3 Å². The molecule has 1 aromatic rings. The maximum Gasteiger partial charge on any atom is 0.126 e. The fourth-order valence-corrected chi connectivity index (χ4v) is 0.709. The molecule has 0 aliphatic heterocycles. The molecule has 3 nitrogen and oxygen atoms in total. The van der Waals surface area contributed by atoms with Gasteiger partial charge < -0.3 is 14.2 Å². The van der Waals surface area contributed by atoms with Crippen molar-refractivity contribution in [2.45, 2.75) is 0 Å². The van der Waals surface area contributed by atoms with Gasteiger partial charge in [0, 0.05) is 18.1 Å². The van der Waals surface area contributed by atoms with Crippen molar-refractivity contribution < 1.29 is 18.3 Å². The van der Waals surface area contributed by atoms with Crippen LogP contribution < -0.4 is 14.2 Å². The van der Waals surface area contributed by atoms with Crippen molar-refractivity contribution in [3.05, 3.63) is 18.1 Å². The van der Waals surface area contributed by atoms with Crippen molar-refractivity contribution >= 4 is 0 Å². The van der Waals surface area contributed by atoms with Gasteiger partial charge in [-0.05, 0) is 0 Å². The summed E-state index contributed by atoms with van der Waals surface area (Å²) in [6.45, 7) is 0. The molecule has 12 heavy (non-hydrogen) atoms. The maximum absolute atomic E-state index is 7.65. The quantitative estimate of drug-likeness (QED) is 0.693. The van der Waals surface area contributed by atoms with E-state index in [-0.39, 0.29) is 35.4 Å². The Labute approximate surface area is 76.1 Å². The van der Waals surface area contributed by atoms with Crippen LogP contribution >= 0.6 is 0 Å². The molecule has 0 aliphatic rings. The Hall–Kier alpha value is -1.38. The predicted octanol–water partition coefficient (Wildman–Crippen LogP) is 1.71. The number of benzene rings is 1. The summed E-state index contributed by atoms with van der Waals surface area (Å²) in [4.78, 5) is 0. The highest BCUT2D eigenvalue weighted by Crippen LogP contribution is 2.26. The lowest BCUT2D eigenvalue weighted by molar-refractivity contribution is 0.375. The summed E-state index contributed by atoms with van der Waals surface area (Å²) in [5.41, 5.74) is 0. The van der Waals surface area contributed by atoms with E-state index in [2.05, 4.69) is 0 Å². The van der Waals surface area contributed by atoms with Gasteiger partial charge in [0.2, 0.25) is 0 Å². The fraction of sp³-hybridized carbons (Fsp3) is 0.333. The normalized spacial score (nSPS) is 12.8. The molecule has 0 atom stereocenters. The van der Waals surface area contributed by atoms with E-state index in [1.807, 2.05) is 0 Å². The van der Waals surface area contributed by atoms with Crippen LogP contribution in [0.25, 0.3) is 0 Å². The summed E-state index contributed by atoms with van der Waals surface area (Å²) in [6.07, 6.45) is 0. The highest BCUT2D eigenvalue weighted by Gasteiger charge is 2.00. The Morgan fingerprint density at radius 3 is 1.25 bits per heavy atom. The molecule has 0 bridgehead atoms. The first-order valence-electron chi connectivity index (χ1n) is 4.84. The van der Waals surface area contributed by atoms with E-state index in [0.717, 1.165) is 0 Å². The second-order valence-electron chi connectivity index (χ2n) is 1.97. The molecule has 1 aromatic carbocycles. The van der Waals surface area contributed by atoms with Gasteiger partial charge >= 0.3 is 0 Å². The molecular weight excluding hydrogens is 156 g/mol. The van der Waals surface area contributed by atoms with Gasteiger partial charge in [0.05, 0.1) is 25.4 Å². The molecule has 1 rings (SSSR count). The van der Waals surface area contributed by atoms with Crippen LogP contribution in [0.15, 0.2) is 18.1 Å². The van der Waals surface area contributed by atoms with Crippen LogP contribution in [0.4, 0.5) is 0 Å². The monoisotopic (exact) mass is 171 g/mol. The first-order valence-corrected chi connectivity index (χ1v) is 3.34. The van der Waals surface area contributed by atoms with Crippen LogP contribution in [0.1, 0.15) is 4.11 Å². The van der Waals surface area contributed by atoms with Crippen LogP contribution in [0, 0.1) is 0 Å². The molecule has 0 N–H and O–H groups in total. The SMILES string of the molecule is [2H]c1c(OC)c([2H])c(OC)c([2H])c1OC. The molecule has 0 aromatic heterocycles. The van der Waals surface area contributed by atoms with Crippen molar-refractivity contribution in [1.29, 1.82) is 0 Å². The molecule has 0 unspecified atom stereocenters. The zero-order chi connectivity index (χ0) is 11.6. The lowest BCUT2D eigenvalue weighted by Crippen LogP contribution is -1.89. The lowest BCUT2D eigenvalue weighted by Gasteiger charge is -2.06. The number of hydrogen-bond donors (Lipinski definition) is 0. The van der Waals surface area contributed by atoms with Gasteiger partial charge in [-0.25, -0.2) is 0 Å². The van der Waals surface area contributed by atoms with E-state index in [4.69, 9.17) is 18.3 Å². The van der Waals surface area contributed by atoms with Gasteiger partial charge in [-0.1, -0.05) is 0 Å². The summed E-state index contributed by atoms with van der Waals surface area (Å²) >= 11 is 0. The highest BCUT2D eigenvalue weighted by atomic mass is 16.5. The Morgan fingerprint density at radius 1 is 0.833 bits per heavy atom. The molecule has 66 valence electrons. The van der Waals surface area contributed by atoms with Crippen molar-refractivity contribution in [2.75, 3.05) is 21.3 Å². The van der Waals surface area contributed by atoms with Gasteiger partial charge in [0.1, 0.15) is 17.2 Å². The van der Waals surface area contributed by atoms with E-state index in [1.54, 1.807) is 0 Å². The summed E-state index contributed by atoms with van der Waals surface area (Å²) in [5, 5.41) is 0. The summed E-state index contributed by atoms with van der Waals surface area (Å²) in [7, 11) is 4.07. The van der Waals surface area contributed by atoms with Gasteiger partial charge in [0.25, 0.3) is 0 Å². The van der Waals surface area contributed by atoms with Gasteiger partial charge in [-0.2, -0.15) is 0 Å². The molecule has 0 fully saturated rings. The zero-order valence-corrected chi connectivity index (χ0v) is 7.22. The first kappa shape index (κ1) is 5.30. The molecule has 0 saturated carbocycles. The molecule has 3 heteroatoms. The number of hydrogen-bond acceptors (Lipinski definition) is 3. The van der Waals surface area contributed by atoms with E-state index in [1.165, 1.54) is 21.3 Å². The topological polar surface area (TPSA) is 27.7 Å². The summed E-state index contributed by atoms with van der Waals surface area (Å²) in [6, 6.07) is -0.345. The van der Waals surface area contributed by atoms with Crippen molar-refractivity contribution in [2.24, 2.45) is 0 Å². The van der Waals surface area contributed by atoms with Crippen LogP contribution in [-0.2, 0) is 0 Å². The van der Waals surface area contributed by atoms with Crippen molar-refractivity contribution in [3.8, 4) is 17.2 Å². The molecular formula is C9H12O3. The third kappa shape index (κ3) is 1.81. The fourth-order valence-electron chi connectivity index (χ4n) is 0.709. The molecule has 0 radical (unpaired) electrons. The minimum atomic E-state index is -0.115. The smallest absolute Gasteiger partial charge is 0.126 e. The highest BCUT2D eigenvalue weighted by molar-refractivity contribution is 5.41. The minimum absolute atomic E-state index is 0.0414. The second-order valence-corrected chi connectivity index (χ2v) is 1.97. The van der Waals surface area contributed by atoms with Crippen LogP contribution in [0.2, 0.25) is 0 Å². The van der Waals surface area contributed by atoms with E-state index in [9.17, 15) is 0 Å². The predicted molar refractivity (Wildman–Crippen MR) is 46.1 cm³/mol. The molecule has 0 spiro atoms. The largest absolute Gasteiger partial charge is 0.496 e. The van der Waals surface area contributed by atoms with Crippen molar-refractivity contribution in [3.63, 3.8) is 0 Å². The van der Waals surface area contributed by atoms with Gasteiger partial charge in [0.15, 0.2) is 0 Å². The van der Waals surface area contributed by atoms with Crippen LogP contribution in [0.3, 0.4) is 0 Å². The average molecular weight is 171 g/mol. The minimum Gasteiger partial charge on any atom is -0.496 e. The summed E-state index contributed by atoms with van der Waals surface area (Å²) < 4.78 is 37.7. The van der Waals surface area contributed by atoms with E-state index >= 15 is 0 Å².